The summed E-state index contributed by atoms with van der Waals surface area (Å²) in [6.07, 6.45) is 2.66. The summed E-state index contributed by atoms with van der Waals surface area (Å²) < 4.78 is 5.95. The number of piperidine rings is 1. The van der Waals surface area contributed by atoms with E-state index in [2.05, 4.69) is 48.7 Å². The molecular formula is C14H21NOS. The molecule has 0 bridgehead atoms. The molecule has 2 rings (SSSR count). The van der Waals surface area contributed by atoms with E-state index in [1.807, 2.05) is 6.07 Å². The Labute approximate surface area is 109 Å². The second-order valence-electron chi connectivity index (χ2n) is 4.66. The van der Waals surface area contributed by atoms with Crippen LogP contribution in [0.5, 0.6) is 0 Å². The van der Waals surface area contributed by atoms with Gasteiger partial charge in [-0.2, -0.15) is 12.6 Å². The molecule has 0 N–H and O–H groups in total. The summed E-state index contributed by atoms with van der Waals surface area (Å²) in [6, 6.07) is 10.4. The van der Waals surface area contributed by atoms with Crippen LogP contribution in [0.1, 0.15) is 25.3 Å². The molecule has 0 amide bonds. The van der Waals surface area contributed by atoms with E-state index in [1.165, 1.54) is 5.56 Å². The Morgan fingerprint density at radius 3 is 2.53 bits per heavy atom. The summed E-state index contributed by atoms with van der Waals surface area (Å²) >= 11 is 4.47. The Morgan fingerprint density at radius 1 is 1.29 bits per heavy atom. The van der Waals surface area contributed by atoms with Crippen molar-refractivity contribution in [2.24, 2.45) is 0 Å². The Kier molecular flexibility index (Phi) is 4.89. The maximum atomic E-state index is 5.95. The van der Waals surface area contributed by atoms with Gasteiger partial charge in [0, 0.05) is 18.5 Å². The van der Waals surface area contributed by atoms with Gasteiger partial charge in [0.15, 0.2) is 0 Å². The predicted molar refractivity (Wildman–Crippen MR) is 74.3 cm³/mol. The number of thiol groups is 1. The van der Waals surface area contributed by atoms with E-state index in [9.17, 15) is 0 Å². The minimum atomic E-state index is 0.366. The van der Waals surface area contributed by atoms with Crippen molar-refractivity contribution < 1.29 is 4.74 Å². The van der Waals surface area contributed by atoms with Crippen molar-refractivity contribution >= 4 is 12.6 Å². The van der Waals surface area contributed by atoms with Crippen LogP contribution in [-0.2, 0) is 11.3 Å². The van der Waals surface area contributed by atoms with Crippen molar-refractivity contribution in [3.8, 4) is 0 Å². The number of rotatable bonds is 4. The van der Waals surface area contributed by atoms with Gasteiger partial charge in [0.2, 0.25) is 0 Å². The van der Waals surface area contributed by atoms with Gasteiger partial charge in [0.1, 0.15) is 0 Å². The topological polar surface area (TPSA) is 12.5 Å². The second kappa shape index (κ2) is 6.43. The lowest BCUT2D eigenvalue weighted by Crippen LogP contribution is -2.40. The third-order valence-corrected chi connectivity index (χ3v) is 3.66. The van der Waals surface area contributed by atoms with Crippen LogP contribution in [0.4, 0.5) is 0 Å². The van der Waals surface area contributed by atoms with Gasteiger partial charge in [-0.3, -0.25) is 4.90 Å². The second-order valence-corrected chi connectivity index (χ2v) is 5.41. The van der Waals surface area contributed by atoms with E-state index >= 15 is 0 Å². The van der Waals surface area contributed by atoms with Crippen LogP contribution in [0.25, 0.3) is 0 Å². The van der Waals surface area contributed by atoms with E-state index in [0.717, 1.165) is 32.5 Å². The standard InChI is InChI=1S/C14H21NOS/c1-12(17)15-9-7-14(8-10-15)16-11-13-5-3-2-4-6-13/h2-6,12,14,17H,7-11H2,1H3. The zero-order valence-electron chi connectivity index (χ0n) is 10.4. The van der Waals surface area contributed by atoms with Gasteiger partial charge in [0.05, 0.1) is 12.7 Å². The average Bonchev–Trinajstić information content (AvgIpc) is 2.38. The SMILES string of the molecule is CC(S)N1CCC(OCc2ccccc2)CC1. The molecule has 1 heterocycles. The Hall–Kier alpha value is -0.510. The molecule has 0 aromatic heterocycles. The third kappa shape index (κ3) is 4.02. The summed E-state index contributed by atoms with van der Waals surface area (Å²) in [4.78, 5) is 2.39. The normalized spacial score (nSPS) is 20.4. The van der Waals surface area contributed by atoms with Gasteiger partial charge in [-0.15, -0.1) is 0 Å². The highest BCUT2D eigenvalue weighted by Crippen LogP contribution is 2.18. The van der Waals surface area contributed by atoms with Gasteiger partial charge in [0.25, 0.3) is 0 Å². The molecule has 1 fully saturated rings. The Balaban J connectivity index is 1.72. The van der Waals surface area contributed by atoms with E-state index < -0.39 is 0 Å². The molecule has 1 aliphatic rings. The van der Waals surface area contributed by atoms with Crippen molar-refractivity contribution in [2.75, 3.05) is 13.1 Å². The first-order chi connectivity index (χ1) is 8.25. The molecule has 0 aliphatic carbocycles. The molecule has 1 aromatic carbocycles. The lowest BCUT2D eigenvalue weighted by atomic mass is 10.1. The predicted octanol–water partition coefficient (Wildman–Crippen LogP) is 2.94. The molecule has 1 aromatic rings. The Bertz CT molecular complexity index is 320. The van der Waals surface area contributed by atoms with Gasteiger partial charge in [-0.25, -0.2) is 0 Å². The first-order valence-electron chi connectivity index (χ1n) is 6.33. The summed E-state index contributed by atoms with van der Waals surface area (Å²) in [5, 5.41) is 0.366. The zero-order chi connectivity index (χ0) is 12.1. The van der Waals surface area contributed by atoms with E-state index in [0.29, 0.717) is 11.5 Å². The molecule has 1 unspecified atom stereocenters. The first-order valence-corrected chi connectivity index (χ1v) is 6.85. The number of ether oxygens (including phenoxy) is 1. The number of benzene rings is 1. The molecular weight excluding hydrogens is 230 g/mol. The van der Waals surface area contributed by atoms with Gasteiger partial charge < -0.3 is 4.74 Å². The van der Waals surface area contributed by atoms with Crippen molar-refractivity contribution in [3.63, 3.8) is 0 Å². The molecule has 3 heteroatoms. The van der Waals surface area contributed by atoms with E-state index in [1.54, 1.807) is 0 Å². The number of likely N-dealkylation sites (tertiary alicyclic amines) is 1. The lowest BCUT2D eigenvalue weighted by Gasteiger charge is -2.33. The molecule has 1 aliphatic heterocycles. The number of hydrogen-bond donors (Lipinski definition) is 1. The number of nitrogens with zero attached hydrogens (tertiary/aromatic N) is 1. The highest BCUT2D eigenvalue weighted by molar-refractivity contribution is 7.80. The quantitative estimate of drug-likeness (QED) is 0.826. The fourth-order valence-electron chi connectivity index (χ4n) is 2.20. The Morgan fingerprint density at radius 2 is 1.94 bits per heavy atom. The van der Waals surface area contributed by atoms with Crippen molar-refractivity contribution in [2.45, 2.75) is 37.9 Å². The van der Waals surface area contributed by atoms with Crippen molar-refractivity contribution in [1.29, 1.82) is 0 Å². The van der Waals surface area contributed by atoms with E-state index in [-0.39, 0.29) is 0 Å². The van der Waals surface area contributed by atoms with Crippen LogP contribution in [0.15, 0.2) is 30.3 Å². The molecule has 0 radical (unpaired) electrons. The fourth-order valence-corrected chi connectivity index (χ4v) is 2.44. The minimum absolute atomic E-state index is 0.366. The van der Waals surface area contributed by atoms with E-state index in [4.69, 9.17) is 4.74 Å². The van der Waals surface area contributed by atoms with Crippen LogP contribution in [0.3, 0.4) is 0 Å². The molecule has 0 spiro atoms. The van der Waals surface area contributed by atoms with Gasteiger partial charge >= 0.3 is 0 Å². The van der Waals surface area contributed by atoms with Crippen LogP contribution >= 0.6 is 12.6 Å². The zero-order valence-corrected chi connectivity index (χ0v) is 11.3. The largest absolute Gasteiger partial charge is 0.373 e. The van der Waals surface area contributed by atoms with Crippen molar-refractivity contribution in [3.05, 3.63) is 35.9 Å². The van der Waals surface area contributed by atoms with Gasteiger partial charge in [-0.05, 0) is 25.3 Å². The molecule has 0 saturated carbocycles. The molecule has 1 atom stereocenters. The lowest BCUT2D eigenvalue weighted by molar-refractivity contribution is -0.00338. The maximum Gasteiger partial charge on any atom is 0.0720 e. The molecule has 17 heavy (non-hydrogen) atoms. The summed E-state index contributed by atoms with van der Waals surface area (Å²) in [5.74, 6) is 0. The van der Waals surface area contributed by atoms with Crippen LogP contribution < -0.4 is 0 Å². The molecule has 94 valence electrons. The summed E-state index contributed by atoms with van der Waals surface area (Å²) in [7, 11) is 0. The highest BCUT2D eigenvalue weighted by Gasteiger charge is 2.21. The van der Waals surface area contributed by atoms with Crippen LogP contribution in [-0.4, -0.2) is 29.5 Å². The monoisotopic (exact) mass is 251 g/mol. The van der Waals surface area contributed by atoms with Crippen LogP contribution in [0, 0.1) is 0 Å². The summed E-state index contributed by atoms with van der Waals surface area (Å²) in [6.45, 7) is 5.07. The van der Waals surface area contributed by atoms with Crippen molar-refractivity contribution in [1.82, 2.24) is 4.90 Å². The fraction of sp³-hybridized carbons (Fsp3) is 0.571. The average molecular weight is 251 g/mol. The highest BCUT2D eigenvalue weighted by atomic mass is 32.1. The third-order valence-electron chi connectivity index (χ3n) is 3.33. The minimum Gasteiger partial charge on any atom is -0.373 e. The molecule has 1 saturated heterocycles. The van der Waals surface area contributed by atoms with Crippen LogP contribution in [0.2, 0.25) is 0 Å². The summed E-state index contributed by atoms with van der Waals surface area (Å²) in [5.41, 5.74) is 1.26. The number of hydrogen-bond acceptors (Lipinski definition) is 3. The molecule has 2 nitrogen and oxygen atoms in total. The smallest absolute Gasteiger partial charge is 0.0720 e. The van der Waals surface area contributed by atoms with Gasteiger partial charge in [-0.1, -0.05) is 30.3 Å². The maximum absolute atomic E-state index is 5.95. The first kappa shape index (κ1) is 12.9.